The number of aromatic amines is 1. The molecule has 144 valence electrons. The van der Waals surface area contributed by atoms with Crippen molar-refractivity contribution in [2.75, 3.05) is 34.4 Å². The number of nitrogens with zero attached hydrogens (tertiary/aromatic N) is 4. The Bertz CT molecular complexity index is 852. The number of methoxy groups -OCH3 is 2. The van der Waals surface area contributed by atoms with Gasteiger partial charge in [-0.2, -0.15) is 10.1 Å². The zero-order valence-corrected chi connectivity index (χ0v) is 15.6. The van der Waals surface area contributed by atoms with Gasteiger partial charge in [-0.15, -0.1) is 0 Å². The van der Waals surface area contributed by atoms with E-state index in [2.05, 4.69) is 25.5 Å². The van der Waals surface area contributed by atoms with Gasteiger partial charge in [0.15, 0.2) is 5.82 Å². The predicted octanol–water partition coefficient (Wildman–Crippen LogP) is 0.127. The van der Waals surface area contributed by atoms with Gasteiger partial charge in [0.1, 0.15) is 11.4 Å². The number of hydrogen-bond donors (Lipinski definition) is 2. The zero-order valence-electron chi connectivity index (χ0n) is 15.6. The van der Waals surface area contributed by atoms with Crippen molar-refractivity contribution in [1.29, 1.82) is 0 Å². The van der Waals surface area contributed by atoms with Crippen LogP contribution < -0.4 is 14.8 Å². The first-order chi connectivity index (χ1) is 13.0. The highest BCUT2D eigenvalue weighted by atomic mass is 16.5. The van der Waals surface area contributed by atoms with E-state index in [0.29, 0.717) is 29.6 Å². The maximum Gasteiger partial charge on any atom is 0.259 e. The Morgan fingerprint density at radius 1 is 1.22 bits per heavy atom. The minimum atomic E-state index is -0.439. The van der Waals surface area contributed by atoms with E-state index >= 15 is 0 Å². The summed E-state index contributed by atoms with van der Waals surface area (Å²) in [4.78, 5) is 35.5. The average Bonchev–Trinajstić information content (AvgIpc) is 3.32. The Morgan fingerprint density at radius 2 is 2.00 bits per heavy atom. The van der Waals surface area contributed by atoms with Crippen molar-refractivity contribution >= 4 is 11.8 Å². The summed E-state index contributed by atoms with van der Waals surface area (Å²) >= 11 is 0. The lowest BCUT2D eigenvalue weighted by Crippen LogP contribution is -2.34. The minimum absolute atomic E-state index is 0.155. The number of H-pyrrole nitrogens is 1. The highest BCUT2D eigenvalue weighted by Gasteiger charge is 2.42. The van der Waals surface area contributed by atoms with Crippen LogP contribution in [0.4, 0.5) is 0 Å². The Labute approximate surface area is 156 Å². The number of carbonyl (C=O) groups is 2. The number of rotatable bonds is 5. The fourth-order valence-corrected chi connectivity index (χ4v) is 3.23. The monoisotopic (exact) mass is 374 g/mol. The van der Waals surface area contributed by atoms with Crippen molar-refractivity contribution in [1.82, 2.24) is 30.4 Å². The molecule has 1 fully saturated rings. The van der Waals surface area contributed by atoms with Gasteiger partial charge in [-0.25, -0.2) is 4.98 Å². The second kappa shape index (κ2) is 7.60. The van der Waals surface area contributed by atoms with E-state index in [-0.39, 0.29) is 30.2 Å². The van der Waals surface area contributed by atoms with E-state index in [9.17, 15) is 9.59 Å². The zero-order chi connectivity index (χ0) is 19.6. The smallest absolute Gasteiger partial charge is 0.259 e. The lowest BCUT2D eigenvalue weighted by atomic mass is 9.94. The van der Waals surface area contributed by atoms with Crippen LogP contribution in [0.3, 0.4) is 0 Å². The van der Waals surface area contributed by atoms with E-state index in [1.165, 1.54) is 14.2 Å². The highest BCUT2D eigenvalue weighted by molar-refractivity contribution is 5.97. The maximum atomic E-state index is 13.0. The molecule has 0 spiro atoms. The fraction of sp³-hybridized carbons (Fsp3) is 0.471. The Balaban J connectivity index is 1.89. The molecule has 1 saturated heterocycles. The van der Waals surface area contributed by atoms with Crippen LogP contribution in [-0.2, 0) is 4.79 Å². The van der Waals surface area contributed by atoms with Gasteiger partial charge in [-0.3, -0.25) is 14.7 Å². The third kappa shape index (κ3) is 3.55. The Hall–Kier alpha value is -3.17. The number of hydrogen-bond acceptors (Lipinski definition) is 7. The van der Waals surface area contributed by atoms with Crippen LogP contribution in [0.25, 0.3) is 0 Å². The van der Waals surface area contributed by atoms with Gasteiger partial charge in [0, 0.05) is 26.2 Å². The molecule has 0 aliphatic carbocycles. The van der Waals surface area contributed by atoms with Crippen molar-refractivity contribution in [2.45, 2.75) is 12.8 Å². The number of amides is 2. The molecule has 2 atom stereocenters. The Kier molecular flexibility index (Phi) is 5.24. The summed E-state index contributed by atoms with van der Waals surface area (Å²) in [6.45, 7) is 2.37. The molecular formula is C17H22N6O4. The second-order valence-corrected chi connectivity index (χ2v) is 6.23. The minimum Gasteiger partial charge on any atom is -0.481 e. The third-order valence-corrected chi connectivity index (χ3v) is 4.60. The number of nitrogens with one attached hydrogen (secondary N) is 2. The molecule has 1 aliphatic rings. The van der Waals surface area contributed by atoms with E-state index in [0.717, 1.165) is 0 Å². The Morgan fingerprint density at radius 3 is 2.59 bits per heavy atom. The lowest BCUT2D eigenvalue weighted by Gasteiger charge is -2.17. The lowest BCUT2D eigenvalue weighted by molar-refractivity contribution is -0.124. The summed E-state index contributed by atoms with van der Waals surface area (Å²) in [6, 6.07) is 3.20. The molecule has 1 aliphatic heterocycles. The SMILES string of the molecule is CNC(=O)C1CN(C(=O)c2ccc(OC)nc2OC)CC1c1n[nH]c(C)n1. The van der Waals surface area contributed by atoms with E-state index in [1.807, 2.05) is 0 Å². The van der Waals surface area contributed by atoms with Gasteiger partial charge in [0.2, 0.25) is 17.7 Å². The molecule has 2 aromatic heterocycles. The number of aromatic nitrogens is 4. The first kappa shape index (κ1) is 18.6. The van der Waals surface area contributed by atoms with E-state index in [1.54, 1.807) is 31.0 Å². The molecule has 0 aromatic carbocycles. The topological polar surface area (TPSA) is 122 Å². The molecule has 2 aromatic rings. The number of ether oxygens (including phenoxy) is 2. The summed E-state index contributed by atoms with van der Waals surface area (Å²) in [6.07, 6.45) is 0. The number of likely N-dealkylation sites (tertiary alicyclic amines) is 1. The quantitative estimate of drug-likeness (QED) is 0.762. The van der Waals surface area contributed by atoms with Crippen LogP contribution >= 0.6 is 0 Å². The van der Waals surface area contributed by atoms with Crippen LogP contribution in [0.2, 0.25) is 0 Å². The van der Waals surface area contributed by atoms with E-state index in [4.69, 9.17) is 9.47 Å². The summed E-state index contributed by atoms with van der Waals surface area (Å²) in [5, 5.41) is 9.62. The average molecular weight is 374 g/mol. The van der Waals surface area contributed by atoms with Crippen LogP contribution in [0.1, 0.15) is 27.9 Å². The fourth-order valence-electron chi connectivity index (χ4n) is 3.23. The molecular weight excluding hydrogens is 352 g/mol. The predicted molar refractivity (Wildman–Crippen MR) is 94.7 cm³/mol. The van der Waals surface area contributed by atoms with E-state index < -0.39 is 5.92 Å². The standard InChI is InChI=1S/C17H22N6O4/c1-9-19-14(22-21-9)11-7-23(8-12(11)15(24)18-2)17(25)10-5-6-13(26-3)20-16(10)27-4/h5-6,11-12H,7-8H2,1-4H3,(H,18,24)(H,19,21,22). The maximum absolute atomic E-state index is 13.0. The first-order valence-electron chi connectivity index (χ1n) is 8.47. The van der Waals surface area contributed by atoms with Gasteiger partial charge in [-0.1, -0.05) is 0 Å². The van der Waals surface area contributed by atoms with Gasteiger partial charge in [-0.05, 0) is 13.0 Å². The molecule has 10 nitrogen and oxygen atoms in total. The highest BCUT2D eigenvalue weighted by Crippen LogP contribution is 2.33. The third-order valence-electron chi connectivity index (χ3n) is 4.60. The number of aryl methyl sites for hydroxylation is 1. The van der Waals surface area contributed by atoms with Crippen LogP contribution in [-0.4, -0.2) is 71.2 Å². The molecule has 0 saturated carbocycles. The second-order valence-electron chi connectivity index (χ2n) is 6.23. The molecule has 3 rings (SSSR count). The molecule has 3 heterocycles. The summed E-state index contributed by atoms with van der Waals surface area (Å²) in [5.74, 6) is 0.545. The van der Waals surface area contributed by atoms with Gasteiger partial charge < -0.3 is 19.7 Å². The molecule has 2 unspecified atom stereocenters. The largest absolute Gasteiger partial charge is 0.481 e. The van der Waals surface area contributed by atoms with Crippen molar-refractivity contribution < 1.29 is 19.1 Å². The molecule has 27 heavy (non-hydrogen) atoms. The normalized spacial score (nSPS) is 19.0. The van der Waals surface area contributed by atoms with Crippen molar-refractivity contribution in [3.05, 3.63) is 29.3 Å². The van der Waals surface area contributed by atoms with Gasteiger partial charge in [0.25, 0.3) is 5.91 Å². The first-order valence-corrected chi connectivity index (χ1v) is 8.47. The molecule has 0 bridgehead atoms. The summed E-state index contributed by atoms with van der Waals surface area (Å²) < 4.78 is 10.3. The molecule has 10 heteroatoms. The van der Waals surface area contributed by atoms with Crippen molar-refractivity contribution in [2.24, 2.45) is 5.92 Å². The number of pyridine rings is 1. The van der Waals surface area contributed by atoms with Crippen LogP contribution in [0.5, 0.6) is 11.8 Å². The molecule has 2 amide bonds. The van der Waals surface area contributed by atoms with Crippen LogP contribution in [0, 0.1) is 12.8 Å². The van der Waals surface area contributed by atoms with Gasteiger partial charge >= 0.3 is 0 Å². The van der Waals surface area contributed by atoms with Crippen molar-refractivity contribution in [3.63, 3.8) is 0 Å². The molecule has 2 N–H and O–H groups in total. The summed E-state index contributed by atoms with van der Waals surface area (Å²) in [5.41, 5.74) is 0.306. The number of carbonyl (C=O) groups excluding carboxylic acids is 2. The van der Waals surface area contributed by atoms with Gasteiger partial charge in [0.05, 0.1) is 26.1 Å². The van der Waals surface area contributed by atoms with Crippen LogP contribution in [0.15, 0.2) is 12.1 Å². The van der Waals surface area contributed by atoms with Crippen molar-refractivity contribution in [3.8, 4) is 11.8 Å². The molecule has 0 radical (unpaired) electrons. The summed E-state index contributed by atoms with van der Waals surface area (Å²) in [7, 11) is 4.50.